The first kappa shape index (κ1) is 15.6. The van der Waals surface area contributed by atoms with Crippen molar-refractivity contribution in [1.29, 1.82) is 0 Å². The van der Waals surface area contributed by atoms with Crippen LogP contribution in [0.5, 0.6) is 0 Å². The van der Waals surface area contributed by atoms with E-state index in [0.29, 0.717) is 12.2 Å². The van der Waals surface area contributed by atoms with Crippen LogP contribution in [0.3, 0.4) is 0 Å². The number of aliphatic hydroxyl groups excluding tert-OH is 1. The summed E-state index contributed by atoms with van der Waals surface area (Å²) in [6.45, 7) is 0.302. The second-order valence-corrected chi connectivity index (χ2v) is 4.62. The van der Waals surface area contributed by atoms with Crippen LogP contribution in [0.1, 0.15) is 54.6 Å². The highest BCUT2D eigenvalue weighted by atomic mass is 16.5. The van der Waals surface area contributed by atoms with Gasteiger partial charge in [0.05, 0.1) is 12.7 Å². The van der Waals surface area contributed by atoms with Crippen LogP contribution in [0.4, 0.5) is 0 Å². The third-order valence-corrected chi connectivity index (χ3v) is 3.09. The summed E-state index contributed by atoms with van der Waals surface area (Å²) in [5.41, 5.74) is 1.51. The van der Waals surface area contributed by atoms with Gasteiger partial charge in [0.1, 0.15) is 0 Å². The zero-order valence-corrected chi connectivity index (χ0v) is 11.6. The predicted molar refractivity (Wildman–Crippen MR) is 74.1 cm³/mol. The lowest BCUT2D eigenvalue weighted by Gasteiger charge is -2.03. The summed E-state index contributed by atoms with van der Waals surface area (Å²) in [7, 11) is 1.37. The topological polar surface area (TPSA) is 59.4 Å². The van der Waals surface area contributed by atoms with E-state index in [2.05, 4.69) is 9.72 Å². The van der Waals surface area contributed by atoms with Gasteiger partial charge in [0.15, 0.2) is 0 Å². The van der Waals surface area contributed by atoms with Gasteiger partial charge in [-0.3, -0.25) is 4.98 Å². The lowest BCUT2D eigenvalue weighted by molar-refractivity contribution is 0.0600. The second-order valence-electron chi connectivity index (χ2n) is 4.62. The fourth-order valence-electron chi connectivity index (χ4n) is 1.94. The Balaban J connectivity index is 2.18. The summed E-state index contributed by atoms with van der Waals surface area (Å²) in [6, 6.07) is 3.65. The van der Waals surface area contributed by atoms with Crippen LogP contribution in [-0.2, 0) is 11.2 Å². The average molecular weight is 265 g/mol. The highest BCUT2D eigenvalue weighted by molar-refractivity contribution is 5.88. The molecule has 0 atom stereocenters. The Hall–Kier alpha value is -1.42. The fraction of sp³-hybridized carbons (Fsp3) is 0.600. The molecule has 0 bridgehead atoms. The molecule has 1 aromatic rings. The van der Waals surface area contributed by atoms with Gasteiger partial charge in [-0.25, -0.2) is 4.79 Å². The molecule has 0 amide bonds. The van der Waals surface area contributed by atoms with Crippen molar-refractivity contribution in [2.24, 2.45) is 0 Å². The molecule has 4 heteroatoms. The number of unbranched alkanes of at least 4 members (excludes halogenated alkanes) is 5. The molecule has 106 valence electrons. The van der Waals surface area contributed by atoms with Gasteiger partial charge in [-0.2, -0.15) is 0 Å². The van der Waals surface area contributed by atoms with Crippen LogP contribution in [0.25, 0.3) is 0 Å². The minimum absolute atomic E-state index is 0.302. The smallest absolute Gasteiger partial charge is 0.339 e. The highest BCUT2D eigenvalue weighted by Gasteiger charge is 2.05. The van der Waals surface area contributed by atoms with Gasteiger partial charge in [-0.1, -0.05) is 25.7 Å². The van der Waals surface area contributed by atoms with E-state index in [0.717, 1.165) is 31.4 Å². The number of aromatic nitrogens is 1. The minimum atomic E-state index is -0.345. The summed E-state index contributed by atoms with van der Waals surface area (Å²) in [4.78, 5) is 15.5. The number of carbonyl (C=O) groups excluding carboxylic acids is 1. The molecule has 0 fully saturated rings. The van der Waals surface area contributed by atoms with Gasteiger partial charge >= 0.3 is 5.97 Å². The molecular formula is C15H23NO3. The Morgan fingerprint density at radius 3 is 2.42 bits per heavy atom. The summed E-state index contributed by atoms with van der Waals surface area (Å²) in [6.07, 6.45) is 9.24. The van der Waals surface area contributed by atoms with Crippen molar-refractivity contribution in [2.45, 2.75) is 44.9 Å². The zero-order chi connectivity index (χ0) is 13.9. The molecule has 0 aliphatic carbocycles. The van der Waals surface area contributed by atoms with Gasteiger partial charge in [0.2, 0.25) is 0 Å². The van der Waals surface area contributed by atoms with Crippen LogP contribution in [0.15, 0.2) is 18.3 Å². The molecule has 1 rings (SSSR count). The van der Waals surface area contributed by atoms with E-state index in [1.54, 1.807) is 12.3 Å². The maximum Gasteiger partial charge on any atom is 0.339 e. The SMILES string of the molecule is COC(=O)c1ccc(CCCCCCCCO)nc1. The first-order valence-corrected chi connectivity index (χ1v) is 6.92. The van der Waals surface area contributed by atoms with Crippen molar-refractivity contribution in [3.05, 3.63) is 29.6 Å². The molecule has 0 unspecified atom stereocenters. The fourth-order valence-corrected chi connectivity index (χ4v) is 1.94. The number of carbonyl (C=O) groups is 1. The number of aryl methyl sites for hydroxylation is 1. The molecule has 1 aromatic heterocycles. The van der Waals surface area contributed by atoms with E-state index in [9.17, 15) is 4.79 Å². The maximum absolute atomic E-state index is 11.2. The number of hydrogen-bond donors (Lipinski definition) is 1. The first-order chi connectivity index (χ1) is 9.27. The summed E-state index contributed by atoms with van der Waals surface area (Å²) < 4.78 is 4.62. The lowest BCUT2D eigenvalue weighted by Crippen LogP contribution is -2.02. The van der Waals surface area contributed by atoms with Crippen LogP contribution in [-0.4, -0.2) is 29.8 Å². The van der Waals surface area contributed by atoms with Gasteiger partial charge < -0.3 is 9.84 Å². The van der Waals surface area contributed by atoms with Crippen molar-refractivity contribution < 1.29 is 14.6 Å². The van der Waals surface area contributed by atoms with Crippen molar-refractivity contribution in [3.8, 4) is 0 Å². The van der Waals surface area contributed by atoms with E-state index in [1.807, 2.05) is 6.07 Å². The molecule has 0 saturated carbocycles. The zero-order valence-electron chi connectivity index (χ0n) is 11.6. The van der Waals surface area contributed by atoms with Gasteiger partial charge in [0, 0.05) is 18.5 Å². The molecule has 0 aliphatic rings. The number of nitrogens with zero attached hydrogens (tertiary/aromatic N) is 1. The Morgan fingerprint density at radius 1 is 1.16 bits per heavy atom. The van der Waals surface area contributed by atoms with E-state index in [4.69, 9.17) is 5.11 Å². The quantitative estimate of drug-likeness (QED) is 0.551. The molecule has 0 saturated heterocycles. The lowest BCUT2D eigenvalue weighted by atomic mass is 10.1. The molecule has 0 spiro atoms. The summed E-state index contributed by atoms with van der Waals surface area (Å²) in [5, 5.41) is 8.66. The molecule has 1 heterocycles. The molecule has 0 aliphatic heterocycles. The van der Waals surface area contributed by atoms with Crippen LogP contribution in [0, 0.1) is 0 Å². The van der Waals surface area contributed by atoms with Crippen molar-refractivity contribution >= 4 is 5.97 Å². The van der Waals surface area contributed by atoms with Crippen molar-refractivity contribution in [3.63, 3.8) is 0 Å². The number of methoxy groups -OCH3 is 1. The highest BCUT2D eigenvalue weighted by Crippen LogP contribution is 2.09. The van der Waals surface area contributed by atoms with E-state index in [1.165, 1.54) is 26.4 Å². The molecule has 0 aromatic carbocycles. The average Bonchev–Trinajstić information content (AvgIpc) is 2.46. The van der Waals surface area contributed by atoms with Crippen molar-refractivity contribution in [2.75, 3.05) is 13.7 Å². The van der Waals surface area contributed by atoms with E-state index < -0.39 is 0 Å². The third-order valence-electron chi connectivity index (χ3n) is 3.09. The Kier molecular flexibility index (Phi) is 7.82. The largest absolute Gasteiger partial charge is 0.465 e. The number of esters is 1. The molecular weight excluding hydrogens is 242 g/mol. The minimum Gasteiger partial charge on any atom is -0.465 e. The van der Waals surface area contributed by atoms with Gasteiger partial charge in [0.25, 0.3) is 0 Å². The molecule has 4 nitrogen and oxygen atoms in total. The Labute approximate surface area is 114 Å². The first-order valence-electron chi connectivity index (χ1n) is 6.92. The van der Waals surface area contributed by atoms with Crippen molar-refractivity contribution in [1.82, 2.24) is 4.98 Å². The predicted octanol–water partition coefficient (Wildman–Crippen LogP) is 2.74. The van der Waals surface area contributed by atoms with Gasteiger partial charge in [-0.15, -0.1) is 0 Å². The monoisotopic (exact) mass is 265 g/mol. The standard InChI is InChI=1S/C15H23NO3/c1-19-15(18)13-9-10-14(16-12-13)8-6-4-2-3-5-7-11-17/h9-10,12,17H,2-8,11H2,1H3. The second kappa shape index (κ2) is 9.50. The molecule has 0 radical (unpaired) electrons. The number of ether oxygens (including phenoxy) is 1. The Bertz CT molecular complexity index is 362. The number of pyridine rings is 1. The molecule has 1 N–H and O–H groups in total. The Morgan fingerprint density at radius 2 is 1.84 bits per heavy atom. The maximum atomic E-state index is 11.2. The van der Waals surface area contributed by atoms with Crippen LogP contribution >= 0.6 is 0 Å². The summed E-state index contributed by atoms with van der Waals surface area (Å²) in [5.74, 6) is -0.345. The van der Waals surface area contributed by atoms with Gasteiger partial charge in [-0.05, 0) is 31.4 Å². The number of rotatable bonds is 9. The number of aliphatic hydroxyl groups is 1. The van der Waals surface area contributed by atoms with Crippen LogP contribution < -0.4 is 0 Å². The number of hydrogen-bond acceptors (Lipinski definition) is 4. The third kappa shape index (κ3) is 6.34. The van der Waals surface area contributed by atoms with E-state index in [-0.39, 0.29) is 5.97 Å². The van der Waals surface area contributed by atoms with E-state index >= 15 is 0 Å². The normalized spacial score (nSPS) is 10.4. The summed E-state index contributed by atoms with van der Waals surface area (Å²) >= 11 is 0. The van der Waals surface area contributed by atoms with Crippen LogP contribution in [0.2, 0.25) is 0 Å². The molecule has 19 heavy (non-hydrogen) atoms.